The van der Waals surface area contributed by atoms with Crippen LogP contribution in [-0.2, 0) is 11.3 Å². The second-order valence-corrected chi connectivity index (χ2v) is 4.76. The third-order valence-electron chi connectivity index (χ3n) is 3.67. The Kier molecular flexibility index (Phi) is 5.49. The van der Waals surface area contributed by atoms with Gasteiger partial charge in [0, 0.05) is 18.4 Å². The van der Waals surface area contributed by atoms with Crippen molar-refractivity contribution in [1.29, 1.82) is 0 Å². The highest BCUT2D eigenvalue weighted by molar-refractivity contribution is 6.06. The number of nitrogens with one attached hydrogen (secondary N) is 1. The Hall–Kier alpha value is -2.11. The highest BCUT2D eigenvalue weighted by Gasteiger charge is 2.39. The first-order valence-electron chi connectivity index (χ1n) is 6.68. The Labute approximate surface area is 119 Å². The summed E-state index contributed by atoms with van der Waals surface area (Å²) in [7, 11) is 0. The largest absolute Gasteiger partial charge is 0.409 e. The van der Waals surface area contributed by atoms with E-state index in [1.54, 1.807) is 6.20 Å². The summed E-state index contributed by atoms with van der Waals surface area (Å²) in [6.45, 7) is 5.95. The molecule has 1 aromatic rings. The zero-order valence-electron chi connectivity index (χ0n) is 12.2. The number of oxime groups is 1. The Bertz CT molecular complexity index is 478. The van der Waals surface area contributed by atoms with E-state index in [1.807, 2.05) is 32.9 Å². The van der Waals surface area contributed by atoms with Crippen LogP contribution in [0.2, 0.25) is 0 Å². The van der Waals surface area contributed by atoms with Crippen LogP contribution in [0.3, 0.4) is 0 Å². The fourth-order valence-corrected chi connectivity index (χ4v) is 2.10. The van der Waals surface area contributed by atoms with E-state index in [-0.39, 0.29) is 11.7 Å². The lowest BCUT2D eigenvalue weighted by Crippen LogP contribution is -2.49. The summed E-state index contributed by atoms with van der Waals surface area (Å²) < 4.78 is 0. The van der Waals surface area contributed by atoms with Crippen LogP contribution in [0, 0.1) is 12.3 Å². The SMILES string of the molecule is CCC(CC)(C(=O)NCc1ccc(C)nc1)C(N)=NO. The van der Waals surface area contributed by atoms with Gasteiger partial charge < -0.3 is 16.3 Å². The lowest BCUT2D eigenvalue weighted by Gasteiger charge is -2.28. The predicted octanol–water partition coefficient (Wildman–Crippen LogP) is 1.56. The topological polar surface area (TPSA) is 101 Å². The zero-order chi connectivity index (χ0) is 15.2. The molecule has 1 rings (SSSR count). The molecule has 1 heterocycles. The molecule has 20 heavy (non-hydrogen) atoms. The van der Waals surface area contributed by atoms with Gasteiger partial charge in [0.1, 0.15) is 5.41 Å². The summed E-state index contributed by atoms with van der Waals surface area (Å²) in [5.74, 6) is -0.291. The minimum absolute atomic E-state index is 0.0537. The van der Waals surface area contributed by atoms with Gasteiger partial charge in [0.2, 0.25) is 5.91 Å². The number of aromatic nitrogens is 1. The van der Waals surface area contributed by atoms with Gasteiger partial charge in [-0.15, -0.1) is 0 Å². The summed E-state index contributed by atoms with van der Waals surface area (Å²) >= 11 is 0. The number of hydrogen-bond acceptors (Lipinski definition) is 4. The second-order valence-electron chi connectivity index (χ2n) is 4.76. The van der Waals surface area contributed by atoms with Gasteiger partial charge in [-0.2, -0.15) is 0 Å². The summed E-state index contributed by atoms with van der Waals surface area (Å²) in [6.07, 6.45) is 2.66. The van der Waals surface area contributed by atoms with E-state index in [9.17, 15) is 4.79 Å². The Balaban J connectivity index is 2.80. The van der Waals surface area contributed by atoms with Crippen molar-refractivity contribution in [1.82, 2.24) is 10.3 Å². The number of carbonyl (C=O) groups is 1. The van der Waals surface area contributed by atoms with Crippen molar-refractivity contribution in [2.75, 3.05) is 0 Å². The summed E-state index contributed by atoms with van der Waals surface area (Å²) in [4.78, 5) is 16.5. The molecule has 1 aromatic heterocycles. The molecule has 0 aliphatic rings. The minimum atomic E-state index is -0.965. The van der Waals surface area contributed by atoms with E-state index in [4.69, 9.17) is 10.9 Å². The van der Waals surface area contributed by atoms with Crippen LogP contribution in [0.4, 0.5) is 0 Å². The van der Waals surface area contributed by atoms with Gasteiger partial charge >= 0.3 is 0 Å². The van der Waals surface area contributed by atoms with Crippen molar-refractivity contribution in [3.8, 4) is 0 Å². The molecule has 0 bridgehead atoms. The van der Waals surface area contributed by atoms with Crippen LogP contribution in [-0.4, -0.2) is 21.9 Å². The van der Waals surface area contributed by atoms with Crippen molar-refractivity contribution in [3.63, 3.8) is 0 Å². The maximum Gasteiger partial charge on any atom is 0.234 e. The van der Waals surface area contributed by atoms with Crippen molar-refractivity contribution < 1.29 is 10.0 Å². The molecule has 0 saturated carbocycles. The minimum Gasteiger partial charge on any atom is -0.409 e. The second kappa shape index (κ2) is 6.88. The van der Waals surface area contributed by atoms with Crippen LogP contribution in [0.1, 0.15) is 37.9 Å². The van der Waals surface area contributed by atoms with Gasteiger partial charge in [-0.1, -0.05) is 25.1 Å². The molecule has 1 amide bonds. The van der Waals surface area contributed by atoms with Crippen LogP contribution >= 0.6 is 0 Å². The number of hydrogen-bond donors (Lipinski definition) is 3. The molecule has 0 spiro atoms. The maximum atomic E-state index is 12.4. The highest BCUT2D eigenvalue weighted by Crippen LogP contribution is 2.27. The van der Waals surface area contributed by atoms with Crippen LogP contribution < -0.4 is 11.1 Å². The summed E-state index contributed by atoms with van der Waals surface area (Å²) in [5.41, 5.74) is 6.56. The van der Waals surface area contributed by atoms with E-state index < -0.39 is 5.41 Å². The van der Waals surface area contributed by atoms with Gasteiger partial charge in [0.05, 0.1) is 0 Å². The van der Waals surface area contributed by atoms with Crippen molar-refractivity contribution >= 4 is 11.7 Å². The standard InChI is InChI=1S/C14H22N4O2/c1-4-14(5-2,12(15)18-20)13(19)17-9-11-7-6-10(3)16-8-11/h6-8,20H,4-5,9H2,1-3H3,(H2,15,18)(H,17,19). The number of aryl methyl sites for hydroxylation is 1. The smallest absolute Gasteiger partial charge is 0.234 e. The first-order valence-corrected chi connectivity index (χ1v) is 6.68. The third-order valence-corrected chi connectivity index (χ3v) is 3.67. The number of nitrogens with zero attached hydrogens (tertiary/aromatic N) is 2. The molecule has 0 saturated heterocycles. The summed E-state index contributed by atoms with van der Waals surface area (Å²) in [5, 5.41) is 14.7. The van der Waals surface area contributed by atoms with E-state index in [0.29, 0.717) is 19.4 Å². The van der Waals surface area contributed by atoms with Gasteiger partial charge in [-0.3, -0.25) is 9.78 Å². The molecule has 4 N–H and O–H groups in total. The molecule has 0 aliphatic carbocycles. The Morgan fingerprint density at radius 1 is 1.45 bits per heavy atom. The molecule has 0 fully saturated rings. The van der Waals surface area contributed by atoms with Gasteiger partial charge in [0.25, 0.3) is 0 Å². The molecule has 0 radical (unpaired) electrons. The van der Waals surface area contributed by atoms with E-state index in [2.05, 4.69) is 15.5 Å². The third kappa shape index (κ3) is 3.26. The normalized spacial score (nSPS) is 12.2. The predicted molar refractivity (Wildman–Crippen MR) is 77.2 cm³/mol. The molecule has 110 valence electrons. The van der Waals surface area contributed by atoms with Crippen LogP contribution in [0.25, 0.3) is 0 Å². The van der Waals surface area contributed by atoms with E-state index in [1.165, 1.54) is 0 Å². The first kappa shape index (κ1) is 15.9. The number of pyridine rings is 1. The lowest BCUT2D eigenvalue weighted by molar-refractivity contribution is -0.128. The average molecular weight is 278 g/mol. The van der Waals surface area contributed by atoms with E-state index >= 15 is 0 Å². The number of rotatable bonds is 6. The fourth-order valence-electron chi connectivity index (χ4n) is 2.10. The molecule has 6 heteroatoms. The van der Waals surface area contributed by atoms with E-state index in [0.717, 1.165) is 11.3 Å². The van der Waals surface area contributed by atoms with Gasteiger partial charge in [-0.25, -0.2) is 0 Å². The monoisotopic (exact) mass is 278 g/mol. The Morgan fingerprint density at radius 2 is 2.10 bits per heavy atom. The maximum absolute atomic E-state index is 12.4. The molecule has 0 atom stereocenters. The quantitative estimate of drug-likeness (QED) is 0.318. The number of amidine groups is 1. The van der Waals surface area contributed by atoms with Crippen molar-refractivity contribution in [3.05, 3.63) is 29.6 Å². The Morgan fingerprint density at radius 3 is 2.55 bits per heavy atom. The van der Waals surface area contributed by atoms with Crippen LogP contribution in [0.15, 0.2) is 23.5 Å². The van der Waals surface area contributed by atoms with Crippen molar-refractivity contribution in [2.45, 2.75) is 40.2 Å². The molecule has 0 aliphatic heterocycles. The highest BCUT2D eigenvalue weighted by atomic mass is 16.4. The van der Waals surface area contributed by atoms with Crippen LogP contribution in [0.5, 0.6) is 0 Å². The molecule has 0 aromatic carbocycles. The molecule has 0 unspecified atom stereocenters. The molecular weight excluding hydrogens is 256 g/mol. The number of carbonyl (C=O) groups excluding carboxylic acids is 1. The molecule has 6 nitrogen and oxygen atoms in total. The fraction of sp³-hybridized carbons (Fsp3) is 0.500. The number of nitrogens with two attached hydrogens (primary N) is 1. The van der Waals surface area contributed by atoms with Gasteiger partial charge in [-0.05, 0) is 31.4 Å². The lowest BCUT2D eigenvalue weighted by atomic mass is 9.80. The number of amides is 1. The zero-order valence-corrected chi connectivity index (χ0v) is 12.2. The summed E-state index contributed by atoms with van der Waals surface area (Å²) in [6, 6.07) is 3.80. The van der Waals surface area contributed by atoms with Crippen molar-refractivity contribution in [2.24, 2.45) is 16.3 Å². The molecular formula is C14H22N4O2. The average Bonchev–Trinajstić information content (AvgIpc) is 2.48. The van der Waals surface area contributed by atoms with Gasteiger partial charge in [0.15, 0.2) is 5.84 Å². The first-order chi connectivity index (χ1) is 9.50.